The van der Waals surface area contributed by atoms with Crippen molar-refractivity contribution in [1.82, 2.24) is 0 Å². The Balaban J connectivity index is 1.95. The number of hydrogen-bond donors (Lipinski definition) is 0. The first-order valence-corrected chi connectivity index (χ1v) is 10.5. The van der Waals surface area contributed by atoms with Crippen molar-refractivity contribution in [2.75, 3.05) is 0 Å². The molecule has 0 radical (unpaired) electrons. The third-order valence-corrected chi connectivity index (χ3v) is 4.44. The zero-order valence-corrected chi connectivity index (χ0v) is 13.1. The van der Waals surface area contributed by atoms with Crippen molar-refractivity contribution >= 4 is 13.9 Å². The van der Waals surface area contributed by atoms with Crippen LogP contribution in [0.15, 0.2) is 30.3 Å². The van der Waals surface area contributed by atoms with Crippen molar-refractivity contribution in [3.63, 3.8) is 0 Å². The summed E-state index contributed by atoms with van der Waals surface area (Å²) in [5.41, 5.74) is 4.53. The molecule has 0 aromatic heterocycles. The fourth-order valence-electron chi connectivity index (χ4n) is 2.30. The van der Waals surface area contributed by atoms with E-state index >= 15 is 0 Å². The van der Waals surface area contributed by atoms with Crippen LogP contribution in [0.4, 0.5) is 0 Å². The van der Waals surface area contributed by atoms with Gasteiger partial charge < -0.3 is 0 Å². The van der Waals surface area contributed by atoms with Crippen molar-refractivity contribution in [1.29, 1.82) is 0 Å². The van der Waals surface area contributed by atoms with E-state index in [9.17, 15) is 4.79 Å². The molecular weight excluding hydrogens is 248 g/mol. The lowest BCUT2D eigenvalue weighted by molar-refractivity contribution is -0.126. The van der Waals surface area contributed by atoms with Crippen LogP contribution in [0.3, 0.4) is 0 Å². The first-order chi connectivity index (χ1) is 8.96. The average molecular weight is 270 g/mol. The number of rotatable bonds is 3. The minimum absolute atomic E-state index is 0.184. The van der Waals surface area contributed by atoms with E-state index in [1.807, 2.05) is 30.3 Å². The molecule has 0 spiro atoms. The van der Waals surface area contributed by atoms with Gasteiger partial charge in [0.05, 0.1) is 0 Å². The van der Waals surface area contributed by atoms with Gasteiger partial charge in [0.1, 0.15) is 13.9 Å². The molecule has 1 aromatic rings. The third kappa shape index (κ3) is 4.07. The molecule has 2 heteroatoms. The summed E-state index contributed by atoms with van der Waals surface area (Å²) in [5, 5.41) is 0. The SMILES string of the molecule is C[Si](C)(C)C#C[C@H]1CC[C@@H]1C(=O)Cc1ccccc1. The lowest BCUT2D eigenvalue weighted by Crippen LogP contribution is -2.33. The summed E-state index contributed by atoms with van der Waals surface area (Å²) in [6.07, 6.45) is 2.69. The molecule has 1 saturated carbocycles. The highest BCUT2D eigenvalue weighted by Crippen LogP contribution is 2.35. The molecule has 19 heavy (non-hydrogen) atoms. The molecule has 2 atom stereocenters. The fourth-order valence-corrected chi connectivity index (χ4v) is 2.91. The molecule has 0 heterocycles. The van der Waals surface area contributed by atoms with Gasteiger partial charge >= 0.3 is 0 Å². The van der Waals surface area contributed by atoms with Gasteiger partial charge in [-0.1, -0.05) is 50.0 Å². The second-order valence-corrected chi connectivity index (χ2v) is 11.2. The van der Waals surface area contributed by atoms with Gasteiger partial charge in [-0.15, -0.1) is 11.5 Å². The Morgan fingerprint density at radius 3 is 2.42 bits per heavy atom. The summed E-state index contributed by atoms with van der Waals surface area (Å²) >= 11 is 0. The predicted molar refractivity (Wildman–Crippen MR) is 82.5 cm³/mol. The molecule has 1 aliphatic rings. The molecular formula is C17H22OSi. The first kappa shape index (κ1) is 14.1. The Bertz CT molecular complexity index is 502. The van der Waals surface area contributed by atoms with Crippen LogP contribution < -0.4 is 0 Å². The number of Topliss-reactive ketones (excluding diaryl/α,β-unsaturated/α-hetero) is 1. The van der Waals surface area contributed by atoms with E-state index in [0.717, 1.165) is 18.4 Å². The van der Waals surface area contributed by atoms with Crippen LogP contribution in [0.5, 0.6) is 0 Å². The molecule has 0 unspecified atom stereocenters. The molecule has 2 rings (SSSR count). The second kappa shape index (κ2) is 5.75. The van der Waals surface area contributed by atoms with Gasteiger partial charge in [0.15, 0.2) is 0 Å². The molecule has 1 aromatic carbocycles. The molecule has 0 aliphatic heterocycles. The van der Waals surface area contributed by atoms with Gasteiger partial charge in [0, 0.05) is 18.3 Å². The predicted octanol–water partition coefficient (Wildman–Crippen LogP) is 3.71. The van der Waals surface area contributed by atoms with Crippen LogP contribution in [0.2, 0.25) is 19.6 Å². The largest absolute Gasteiger partial charge is 0.299 e. The summed E-state index contributed by atoms with van der Waals surface area (Å²) in [5.74, 6) is 4.24. The van der Waals surface area contributed by atoms with E-state index < -0.39 is 8.07 Å². The summed E-state index contributed by atoms with van der Waals surface area (Å²) < 4.78 is 0. The lowest BCUT2D eigenvalue weighted by atomic mass is 9.71. The number of hydrogen-bond acceptors (Lipinski definition) is 1. The number of benzene rings is 1. The quantitative estimate of drug-likeness (QED) is 0.604. The van der Waals surface area contributed by atoms with Crippen molar-refractivity contribution < 1.29 is 4.79 Å². The maximum atomic E-state index is 12.3. The molecule has 100 valence electrons. The Morgan fingerprint density at radius 2 is 1.89 bits per heavy atom. The van der Waals surface area contributed by atoms with Gasteiger partial charge in [0.25, 0.3) is 0 Å². The normalized spacial score (nSPS) is 22.1. The van der Waals surface area contributed by atoms with Crippen LogP contribution in [0.25, 0.3) is 0 Å². The first-order valence-electron chi connectivity index (χ1n) is 7.05. The number of carbonyl (C=O) groups is 1. The summed E-state index contributed by atoms with van der Waals surface area (Å²) in [6, 6.07) is 10.0. The average Bonchev–Trinajstić information content (AvgIpc) is 2.27. The van der Waals surface area contributed by atoms with Gasteiger partial charge in [-0.25, -0.2) is 0 Å². The summed E-state index contributed by atoms with van der Waals surface area (Å²) in [7, 11) is -1.31. The molecule has 0 saturated heterocycles. The smallest absolute Gasteiger partial charge is 0.141 e. The molecule has 0 bridgehead atoms. The van der Waals surface area contributed by atoms with Crippen LogP contribution in [0, 0.1) is 23.3 Å². The van der Waals surface area contributed by atoms with Crippen LogP contribution >= 0.6 is 0 Å². The lowest BCUT2D eigenvalue weighted by Gasteiger charge is -2.32. The highest BCUT2D eigenvalue weighted by Gasteiger charge is 2.35. The maximum Gasteiger partial charge on any atom is 0.141 e. The molecule has 1 fully saturated rings. The monoisotopic (exact) mass is 270 g/mol. The fraction of sp³-hybridized carbons (Fsp3) is 0.471. The van der Waals surface area contributed by atoms with Crippen molar-refractivity contribution in [2.24, 2.45) is 11.8 Å². The van der Waals surface area contributed by atoms with Gasteiger partial charge in [-0.2, -0.15) is 0 Å². The Kier molecular flexibility index (Phi) is 4.26. The van der Waals surface area contributed by atoms with Crippen LogP contribution in [0.1, 0.15) is 18.4 Å². The van der Waals surface area contributed by atoms with E-state index in [4.69, 9.17) is 0 Å². The summed E-state index contributed by atoms with van der Waals surface area (Å²) in [4.78, 5) is 12.3. The Hall–Kier alpha value is -1.33. The highest BCUT2D eigenvalue weighted by molar-refractivity contribution is 6.83. The third-order valence-electron chi connectivity index (χ3n) is 3.54. The minimum atomic E-state index is -1.31. The van der Waals surface area contributed by atoms with Crippen LogP contribution in [-0.2, 0) is 11.2 Å². The maximum absolute atomic E-state index is 12.3. The molecule has 0 amide bonds. The number of carbonyl (C=O) groups excluding carboxylic acids is 1. The van der Waals surface area contributed by atoms with Crippen molar-refractivity contribution in [2.45, 2.75) is 38.9 Å². The number of ketones is 1. The van der Waals surface area contributed by atoms with Crippen molar-refractivity contribution in [3.8, 4) is 11.5 Å². The Morgan fingerprint density at radius 1 is 1.21 bits per heavy atom. The van der Waals surface area contributed by atoms with Crippen LogP contribution in [-0.4, -0.2) is 13.9 Å². The molecule has 0 N–H and O–H groups in total. The standard InChI is InChI=1S/C17H22OSi/c1-19(2,3)12-11-15-9-10-16(15)17(18)13-14-7-5-4-6-8-14/h4-8,15-16H,9-10,13H2,1-3H3/t15-,16+/m1/s1. The second-order valence-electron chi connectivity index (χ2n) is 6.44. The van der Waals surface area contributed by atoms with Crippen molar-refractivity contribution in [3.05, 3.63) is 35.9 Å². The van der Waals surface area contributed by atoms with Gasteiger partial charge in [-0.3, -0.25) is 4.79 Å². The molecule has 1 nitrogen and oxygen atoms in total. The van der Waals surface area contributed by atoms with Gasteiger partial charge in [0.2, 0.25) is 0 Å². The van der Waals surface area contributed by atoms with E-state index in [1.54, 1.807) is 0 Å². The Labute approximate surface area is 117 Å². The van der Waals surface area contributed by atoms with E-state index in [0.29, 0.717) is 18.1 Å². The minimum Gasteiger partial charge on any atom is -0.299 e. The van der Waals surface area contributed by atoms with E-state index in [2.05, 4.69) is 31.1 Å². The van der Waals surface area contributed by atoms with E-state index in [1.165, 1.54) is 0 Å². The molecule has 1 aliphatic carbocycles. The zero-order valence-electron chi connectivity index (χ0n) is 12.1. The highest BCUT2D eigenvalue weighted by atomic mass is 28.3. The topological polar surface area (TPSA) is 17.1 Å². The van der Waals surface area contributed by atoms with Gasteiger partial charge in [-0.05, 0) is 18.4 Å². The van der Waals surface area contributed by atoms with E-state index in [-0.39, 0.29) is 5.92 Å². The summed E-state index contributed by atoms with van der Waals surface area (Å²) in [6.45, 7) is 6.75. The zero-order chi connectivity index (χ0) is 13.9.